The molecule has 0 saturated carbocycles. The third-order valence-corrected chi connectivity index (χ3v) is 3.27. The van der Waals surface area contributed by atoms with Crippen LogP contribution in [0, 0.1) is 5.82 Å². The van der Waals surface area contributed by atoms with Crippen LogP contribution in [0.25, 0.3) is 6.08 Å². The number of aldehydes is 1. The van der Waals surface area contributed by atoms with Gasteiger partial charge < -0.3 is 10.1 Å². The summed E-state index contributed by atoms with van der Waals surface area (Å²) in [6, 6.07) is 13.4. The van der Waals surface area contributed by atoms with Gasteiger partial charge in [0.25, 0.3) is 0 Å². The molecule has 0 unspecified atom stereocenters. The smallest absolute Gasteiger partial charge is 0.407 e. The van der Waals surface area contributed by atoms with Crippen molar-refractivity contribution in [3.63, 3.8) is 0 Å². The van der Waals surface area contributed by atoms with Crippen LogP contribution >= 0.6 is 0 Å². The van der Waals surface area contributed by atoms with Gasteiger partial charge in [0.2, 0.25) is 0 Å². The summed E-state index contributed by atoms with van der Waals surface area (Å²) in [6.07, 6.45) is 4.22. The van der Waals surface area contributed by atoms with Crippen molar-refractivity contribution in [2.45, 2.75) is 13.0 Å². The molecule has 24 heavy (non-hydrogen) atoms. The summed E-state index contributed by atoms with van der Waals surface area (Å²) >= 11 is 0. The lowest BCUT2D eigenvalue weighted by Gasteiger charge is -2.06. The van der Waals surface area contributed by atoms with Gasteiger partial charge in [-0.25, -0.2) is 9.18 Å². The quantitative estimate of drug-likeness (QED) is 0.618. The zero-order valence-corrected chi connectivity index (χ0v) is 13.1. The van der Waals surface area contributed by atoms with E-state index in [2.05, 4.69) is 5.32 Å². The summed E-state index contributed by atoms with van der Waals surface area (Å²) in [5.41, 5.74) is 1.85. The molecule has 0 aromatic heterocycles. The van der Waals surface area contributed by atoms with Crippen molar-refractivity contribution in [1.82, 2.24) is 5.32 Å². The van der Waals surface area contributed by atoms with Gasteiger partial charge in [-0.3, -0.25) is 4.79 Å². The van der Waals surface area contributed by atoms with Gasteiger partial charge in [0.15, 0.2) is 6.29 Å². The Balaban J connectivity index is 1.70. The molecule has 0 bridgehead atoms. The molecule has 1 amide bonds. The van der Waals surface area contributed by atoms with Crippen LogP contribution in [0.15, 0.2) is 54.6 Å². The van der Waals surface area contributed by atoms with E-state index in [1.807, 2.05) is 30.3 Å². The van der Waals surface area contributed by atoms with Crippen molar-refractivity contribution >= 4 is 18.5 Å². The predicted octanol–water partition coefficient (Wildman–Crippen LogP) is 3.97. The lowest BCUT2D eigenvalue weighted by molar-refractivity contribution is 0.112. The Morgan fingerprint density at radius 2 is 1.92 bits per heavy atom. The fourth-order valence-electron chi connectivity index (χ4n) is 2.04. The Morgan fingerprint density at radius 1 is 1.12 bits per heavy atom. The molecule has 0 aliphatic carbocycles. The second-order valence-electron chi connectivity index (χ2n) is 5.07. The van der Waals surface area contributed by atoms with Crippen molar-refractivity contribution in [2.75, 3.05) is 6.54 Å². The normalized spacial score (nSPS) is 10.5. The van der Waals surface area contributed by atoms with Crippen molar-refractivity contribution < 1.29 is 18.7 Å². The summed E-state index contributed by atoms with van der Waals surface area (Å²) in [4.78, 5) is 22.4. The van der Waals surface area contributed by atoms with E-state index in [-0.39, 0.29) is 6.61 Å². The lowest BCUT2D eigenvalue weighted by Crippen LogP contribution is -2.24. The molecule has 0 spiro atoms. The van der Waals surface area contributed by atoms with Gasteiger partial charge in [-0.1, -0.05) is 48.6 Å². The molecule has 0 atom stereocenters. The highest BCUT2D eigenvalue weighted by Gasteiger charge is 2.02. The Kier molecular flexibility index (Phi) is 6.71. The third kappa shape index (κ3) is 5.68. The maximum Gasteiger partial charge on any atom is 0.407 e. The molecular weight excluding hydrogens is 309 g/mol. The van der Waals surface area contributed by atoms with Crippen LogP contribution in [0.1, 0.15) is 27.9 Å². The molecular formula is C19H18FNO3. The second kappa shape index (κ2) is 9.25. The number of halogens is 1. The van der Waals surface area contributed by atoms with E-state index in [4.69, 9.17) is 4.74 Å². The lowest BCUT2D eigenvalue weighted by atomic mass is 10.1. The number of amides is 1. The van der Waals surface area contributed by atoms with Crippen LogP contribution < -0.4 is 5.32 Å². The van der Waals surface area contributed by atoms with Crippen molar-refractivity contribution in [1.29, 1.82) is 0 Å². The monoisotopic (exact) mass is 327 g/mol. The molecule has 0 aliphatic rings. The van der Waals surface area contributed by atoms with Crippen LogP contribution in [-0.4, -0.2) is 18.9 Å². The zero-order chi connectivity index (χ0) is 17.2. The fraction of sp³-hybridized carbons (Fsp3) is 0.158. The topological polar surface area (TPSA) is 55.4 Å². The summed E-state index contributed by atoms with van der Waals surface area (Å²) in [5, 5.41) is 2.63. The predicted molar refractivity (Wildman–Crippen MR) is 90.1 cm³/mol. The number of hydrogen-bond donors (Lipinski definition) is 1. The van der Waals surface area contributed by atoms with Gasteiger partial charge in [-0.05, 0) is 29.7 Å². The molecule has 0 heterocycles. The zero-order valence-electron chi connectivity index (χ0n) is 13.1. The van der Waals surface area contributed by atoms with Crippen LogP contribution in [0.2, 0.25) is 0 Å². The number of carbonyl (C=O) groups is 2. The molecule has 0 radical (unpaired) electrons. The van der Waals surface area contributed by atoms with Gasteiger partial charge in [-0.2, -0.15) is 0 Å². The summed E-state index contributed by atoms with van der Waals surface area (Å²) < 4.78 is 18.1. The van der Waals surface area contributed by atoms with E-state index in [1.54, 1.807) is 12.2 Å². The Hall–Kier alpha value is -2.95. The second-order valence-corrected chi connectivity index (χ2v) is 5.07. The summed E-state index contributed by atoms with van der Waals surface area (Å²) in [7, 11) is 0. The maximum atomic E-state index is 13.0. The van der Waals surface area contributed by atoms with Crippen molar-refractivity contribution in [2.24, 2.45) is 0 Å². The molecule has 0 fully saturated rings. The highest BCUT2D eigenvalue weighted by Crippen LogP contribution is 2.11. The summed E-state index contributed by atoms with van der Waals surface area (Å²) in [6.45, 7) is 0.628. The van der Waals surface area contributed by atoms with E-state index in [0.29, 0.717) is 30.4 Å². The number of alkyl carbamates (subject to hydrolysis) is 1. The molecule has 5 heteroatoms. The molecule has 0 saturated heterocycles. The number of rotatable bonds is 7. The molecule has 4 nitrogen and oxygen atoms in total. The maximum absolute atomic E-state index is 13.0. The Bertz CT molecular complexity index is 714. The first-order valence-corrected chi connectivity index (χ1v) is 7.55. The van der Waals surface area contributed by atoms with Crippen molar-refractivity contribution in [3.8, 4) is 0 Å². The molecule has 1 N–H and O–H groups in total. The third-order valence-electron chi connectivity index (χ3n) is 3.27. The average Bonchev–Trinajstić information content (AvgIpc) is 2.61. The van der Waals surface area contributed by atoms with Crippen LogP contribution in [0.5, 0.6) is 0 Å². The molecule has 0 aliphatic heterocycles. The first-order chi connectivity index (χ1) is 11.7. The standard InChI is InChI=1S/C19H18FNO3/c20-18-10-9-16(17(12-18)13-22)8-4-5-11-21-19(23)24-14-15-6-2-1-3-7-15/h1-4,6-10,12-13H,5,11,14H2,(H,21,23). The first-order valence-electron chi connectivity index (χ1n) is 7.55. The van der Waals surface area contributed by atoms with Crippen molar-refractivity contribution in [3.05, 3.63) is 77.1 Å². The molecule has 2 aromatic carbocycles. The Labute approximate surface area is 140 Å². The number of hydrogen-bond acceptors (Lipinski definition) is 3. The van der Waals surface area contributed by atoms with Crippen LogP contribution in [-0.2, 0) is 11.3 Å². The largest absolute Gasteiger partial charge is 0.445 e. The van der Waals surface area contributed by atoms with Gasteiger partial charge >= 0.3 is 6.09 Å². The van der Waals surface area contributed by atoms with E-state index in [1.165, 1.54) is 18.2 Å². The van der Waals surface area contributed by atoms with E-state index >= 15 is 0 Å². The van der Waals surface area contributed by atoms with Gasteiger partial charge in [0.1, 0.15) is 12.4 Å². The van der Waals surface area contributed by atoms with Crippen LogP contribution in [0.3, 0.4) is 0 Å². The Morgan fingerprint density at radius 3 is 2.67 bits per heavy atom. The van der Waals surface area contributed by atoms with E-state index in [9.17, 15) is 14.0 Å². The number of carbonyl (C=O) groups excluding carboxylic acids is 2. The van der Waals surface area contributed by atoms with Gasteiger partial charge in [-0.15, -0.1) is 0 Å². The highest BCUT2D eigenvalue weighted by molar-refractivity contribution is 5.81. The number of nitrogens with one attached hydrogen (secondary N) is 1. The van der Waals surface area contributed by atoms with Gasteiger partial charge in [0.05, 0.1) is 0 Å². The molecule has 2 aromatic rings. The minimum absolute atomic E-state index is 0.223. The van der Waals surface area contributed by atoms with Gasteiger partial charge in [0, 0.05) is 12.1 Å². The van der Waals surface area contributed by atoms with E-state index < -0.39 is 11.9 Å². The van der Waals surface area contributed by atoms with Crippen LogP contribution in [0.4, 0.5) is 9.18 Å². The molecule has 2 rings (SSSR count). The number of ether oxygens (including phenoxy) is 1. The van der Waals surface area contributed by atoms with E-state index in [0.717, 1.165) is 5.56 Å². The first kappa shape index (κ1) is 17.4. The molecule has 124 valence electrons. The number of benzene rings is 2. The minimum Gasteiger partial charge on any atom is -0.445 e. The fourth-order valence-corrected chi connectivity index (χ4v) is 2.04. The summed E-state index contributed by atoms with van der Waals surface area (Å²) in [5.74, 6) is -0.447. The highest BCUT2D eigenvalue weighted by atomic mass is 19.1. The minimum atomic E-state index is -0.484. The average molecular weight is 327 g/mol. The SMILES string of the molecule is O=Cc1cc(F)ccc1C=CCCNC(=O)OCc1ccccc1.